The molecule has 0 fully saturated rings. The van der Waals surface area contributed by atoms with Crippen LogP contribution in [0.15, 0.2) is 0 Å². The molecule has 0 aromatic heterocycles. The fourth-order valence-electron chi connectivity index (χ4n) is 3.79. The van der Waals surface area contributed by atoms with Crippen molar-refractivity contribution in [3.63, 3.8) is 0 Å². The molecule has 0 heterocycles. The number of unbranched alkanes of at least 4 members (excludes halogenated alkanes) is 16. The van der Waals surface area contributed by atoms with Crippen LogP contribution in [0.25, 0.3) is 0 Å². The minimum atomic E-state index is -0.566. The van der Waals surface area contributed by atoms with Crippen LogP contribution in [0.1, 0.15) is 142 Å². The molecule has 164 valence electrons. The van der Waals surface area contributed by atoms with E-state index in [1.54, 1.807) is 0 Å². The smallest absolute Gasteiger partial charge is 0.306 e. The van der Waals surface area contributed by atoms with Gasteiger partial charge in [0.25, 0.3) is 0 Å². The van der Waals surface area contributed by atoms with Crippen molar-refractivity contribution in [3.05, 3.63) is 0 Å². The number of carboxylic acids is 1. The topological polar surface area (TPSA) is 68.8 Å². The first-order chi connectivity index (χ1) is 12.7. The van der Waals surface area contributed by atoms with E-state index in [0.717, 1.165) is 25.7 Å². The van der Waals surface area contributed by atoms with E-state index in [-0.39, 0.29) is 11.4 Å². The number of hydrogen-bond acceptors (Lipinski definition) is 1. The van der Waals surface area contributed by atoms with Crippen LogP contribution in [-0.4, -0.2) is 16.6 Å². The van der Waals surface area contributed by atoms with E-state index in [0.29, 0.717) is 0 Å². The van der Waals surface area contributed by atoms with Gasteiger partial charge in [-0.2, -0.15) is 0 Å². The molecule has 0 aliphatic carbocycles. The molecule has 3 heteroatoms. The number of aliphatic carboxylic acids is 1. The normalized spacial score (nSPS) is 10.9. The molecule has 0 unspecified atom stereocenters. The molecule has 0 spiro atoms. The molecule has 0 amide bonds. The Morgan fingerprint density at radius 2 is 0.815 bits per heavy atom. The third-order valence-corrected chi connectivity index (χ3v) is 5.66. The molecular formula is C24H50O3. The van der Waals surface area contributed by atoms with E-state index in [9.17, 15) is 9.90 Å². The maximum absolute atomic E-state index is 11.4. The first-order valence-corrected chi connectivity index (χ1v) is 11.9. The van der Waals surface area contributed by atoms with E-state index < -0.39 is 5.97 Å². The lowest BCUT2D eigenvalue weighted by Crippen LogP contribution is -2.13. The molecule has 0 saturated carbocycles. The summed E-state index contributed by atoms with van der Waals surface area (Å²) in [4.78, 5) is 11.4. The van der Waals surface area contributed by atoms with Crippen LogP contribution in [0.2, 0.25) is 0 Å². The molecule has 0 aromatic carbocycles. The molecule has 27 heavy (non-hydrogen) atoms. The SMILES string of the molecule is CCCCCCCCCCCC(CCCCCCCCCCC)C(=O)O.O. The maximum Gasteiger partial charge on any atom is 0.306 e. The Balaban J connectivity index is 0. The second-order valence-electron chi connectivity index (χ2n) is 8.27. The summed E-state index contributed by atoms with van der Waals surface area (Å²) in [6.07, 6.45) is 25.3. The summed E-state index contributed by atoms with van der Waals surface area (Å²) in [7, 11) is 0. The lowest BCUT2D eigenvalue weighted by molar-refractivity contribution is -0.142. The van der Waals surface area contributed by atoms with Gasteiger partial charge in [-0.15, -0.1) is 0 Å². The summed E-state index contributed by atoms with van der Waals surface area (Å²) >= 11 is 0. The molecule has 0 aromatic rings. The van der Waals surface area contributed by atoms with Gasteiger partial charge >= 0.3 is 5.97 Å². The number of carboxylic acid groups (broad SMARTS) is 1. The maximum atomic E-state index is 11.4. The quantitative estimate of drug-likeness (QED) is 0.205. The fraction of sp³-hybridized carbons (Fsp3) is 0.958. The Labute approximate surface area is 170 Å². The predicted molar refractivity (Wildman–Crippen MR) is 118 cm³/mol. The fourth-order valence-corrected chi connectivity index (χ4v) is 3.79. The third-order valence-electron chi connectivity index (χ3n) is 5.66. The highest BCUT2D eigenvalue weighted by Crippen LogP contribution is 2.20. The average Bonchev–Trinajstić information content (AvgIpc) is 2.63. The zero-order chi connectivity index (χ0) is 19.3. The summed E-state index contributed by atoms with van der Waals surface area (Å²) in [6.45, 7) is 4.51. The van der Waals surface area contributed by atoms with E-state index >= 15 is 0 Å². The van der Waals surface area contributed by atoms with Gasteiger partial charge < -0.3 is 10.6 Å². The predicted octanol–water partition coefficient (Wildman–Crippen LogP) is 7.70. The lowest BCUT2D eigenvalue weighted by atomic mass is 9.94. The third kappa shape index (κ3) is 21.6. The van der Waals surface area contributed by atoms with Gasteiger partial charge in [0.15, 0.2) is 0 Å². The van der Waals surface area contributed by atoms with Crippen molar-refractivity contribution in [2.24, 2.45) is 5.92 Å². The van der Waals surface area contributed by atoms with Gasteiger partial charge in [-0.25, -0.2) is 0 Å². The molecule has 0 aliphatic heterocycles. The summed E-state index contributed by atoms with van der Waals surface area (Å²) < 4.78 is 0. The highest BCUT2D eigenvalue weighted by molar-refractivity contribution is 5.69. The summed E-state index contributed by atoms with van der Waals surface area (Å²) in [6, 6.07) is 0. The first kappa shape index (κ1) is 28.6. The van der Waals surface area contributed by atoms with E-state index in [2.05, 4.69) is 13.8 Å². The average molecular weight is 387 g/mol. The molecular weight excluding hydrogens is 336 g/mol. The monoisotopic (exact) mass is 386 g/mol. The Hall–Kier alpha value is -0.570. The van der Waals surface area contributed by atoms with Crippen molar-refractivity contribution in [2.75, 3.05) is 0 Å². The first-order valence-electron chi connectivity index (χ1n) is 11.9. The molecule has 0 rings (SSSR count). The summed E-state index contributed by atoms with van der Waals surface area (Å²) in [5, 5.41) is 9.42. The van der Waals surface area contributed by atoms with Gasteiger partial charge in [-0.05, 0) is 12.8 Å². The van der Waals surface area contributed by atoms with Crippen molar-refractivity contribution >= 4 is 5.97 Å². The van der Waals surface area contributed by atoms with Gasteiger partial charge in [-0.3, -0.25) is 4.79 Å². The molecule has 0 atom stereocenters. The molecule has 3 nitrogen and oxygen atoms in total. The zero-order valence-electron chi connectivity index (χ0n) is 18.6. The standard InChI is InChI=1S/C24H48O2.H2O/c1-3-5-7-9-11-13-15-17-19-21-23(24(25)26)22-20-18-16-14-12-10-8-6-4-2;/h23H,3-22H2,1-2H3,(H,25,26);1H2. The van der Waals surface area contributed by atoms with Gasteiger partial charge in [0, 0.05) is 0 Å². The largest absolute Gasteiger partial charge is 0.481 e. The molecule has 0 radical (unpaired) electrons. The zero-order valence-corrected chi connectivity index (χ0v) is 18.6. The van der Waals surface area contributed by atoms with Gasteiger partial charge in [0.1, 0.15) is 0 Å². The van der Waals surface area contributed by atoms with Crippen molar-refractivity contribution in [3.8, 4) is 0 Å². The van der Waals surface area contributed by atoms with E-state index in [4.69, 9.17) is 0 Å². The lowest BCUT2D eigenvalue weighted by Gasteiger charge is -2.12. The minimum absolute atomic E-state index is 0. The van der Waals surface area contributed by atoms with Crippen LogP contribution < -0.4 is 0 Å². The number of hydrogen-bond donors (Lipinski definition) is 1. The van der Waals surface area contributed by atoms with E-state index in [1.165, 1.54) is 103 Å². The molecule has 0 bridgehead atoms. The van der Waals surface area contributed by atoms with Crippen molar-refractivity contribution in [1.29, 1.82) is 0 Å². The van der Waals surface area contributed by atoms with Crippen LogP contribution in [0, 0.1) is 5.92 Å². The van der Waals surface area contributed by atoms with Crippen molar-refractivity contribution < 1.29 is 15.4 Å². The van der Waals surface area contributed by atoms with Gasteiger partial charge in [-0.1, -0.05) is 129 Å². The Kier molecular flexibility index (Phi) is 24.9. The second-order valence-corrected chi connectivity index (χ2v) is 8.27. The van der Waals surface area contributed by atoms with Crippen molar-refractivity contribution in [1.82, 2.24) is 0 Å². The van der Waals surface area contributed by atoms with Crippen LogP contribution in [0.4, 0.5) is 0 Å². The molecule has 0 saturated heterocycles. The van der Waals surface area contributed by atoms with Crippen LogP contribution in [-0.2, 0) is 4.79 Å². The Bertz CT molecular complexity index is 269. The molecule has 3 N–H and O–H groups in total. The van der Waals surface area contributed by atoms with E-state index in [1.807, 2.05) is 0 Å². The number of carbonyl (C=O) groups is 1. The highest BCUT2D eigenvalue weighted by atomic mass is 16.4. The van der Waals surface area contributed by atoms with Crippen LogP contribution in [0.5, 0.6) is 0 Å². The van der Waals surface area contributed by atoms with Crippen molar-refractivity contribution in [2.45, 2.75) is 142 Å². The summed E-state index contributed by atoms with van der Waals surface area (Å²) in [5.41, 5.74) is 0. The Morgan fingerprint density at radius 3 is 1.07 bits per heavy atom. The van der Waals surface area contributed by atoms with Gasteiger partial charge in [0.2, 0.25) is 0 Å². The second kappa shape index (κ2) is 23.5. The summed E-state index contributed by atoms with van der Waals surface area (Å²) in [5.74, 6) is -0.659. The molecule has 0 aliphatic rings. The highest BCUT2D eigenvalue weighted by Gasteiger charge is 2.16. The van der Waals surface area contributed by atoms with Crippen LogP contribution >= 0.6 is 0 Å². The Morgan fingerprint density at radius 1 is 0.556 bits per heavy atom. The minimum Gasteiger partial charge on any atom is -0.481 e. The van der Waals surface area contributed by atoms with Gasteiger partial charge in [0.05, 0.1) is 5.92 Å². The number of rotatable bonds is 21. The van der Waals surface area contributed by atoms with Crippen LogP contribution in [0.3, 0.4) is 0 Å².